The van der Waals surface area contributed by atoms with Crippen LogP contribution in [0.15, 0.2) is 29.1 Å². The highest BCUT2D eigenvalue weighted by Crippen LogP contribution is 2.22. The number of anilines is 2. The van der Waals surface area contributed by atoms with E-state index in [4.69, 9.17) is 9.47 Å². The van der Waals surface area contributed by atoms with Crippen molar-refractivity contribution < 1.29 is 9.47 Å². The van der Waals surface area contributed by atoms with Crippen molar-refractivity contribution in [3.05, 3.63) is 46.0 Å². The number of aryl methyl sites for hydroxylation is 2. The van der Waals surface area contributed by atoms with Gasteiger partial charge in [0.1, 0.15) is 11.9 Å². The van der Waals surface area contributed by atoms with Crippen molar-refractivity contribution in [1.82, 2.24) is 9.97 Å². The molecule has 1 unspecified atom stereocenters. The minimum Gasteiger partial charge on any atom is -0.488 e. The second-order valence-electron chi connectivity index (χ2n) is 6.30. The second-order valence-corrected chi connectivity index (χ2v) is 6.30. The van der Waals surface area contributed by atoms with Gasteiger partial charge in [-0.25, -0.2) is 4.98 Å². The van der Waals surface area contributed by atoms with Crippen LogP contribution in [0.4, 0.5) is 11.5 Å². The van der Waals surface area contributed by atoms with Crippen LogP contribution in [0.5, 0.6) is 5.75 Å². The Kier molecular flexibility index (Phi) is 4.21. The molecule has 1 aliphatic carbocycles. The Bertz CT molecular complexity index is 764. The fourth-order valence-corrected chi connectivity index (χ4v) is 3.17. The van der Waals surface area contributed by atoms with E-state index in [0.29, 0.717) is 12.4 Å². The van der Waals surface area contributed by atoms with Crippen LogP contribution < -0.4 is 15.6 Å². The molecular formula is C18H21N3O3. The summed E-state index contributed by atoms with van der Waals surface area (Å²) in [6.07, 6.45) is 5.14. The minimum absolute atomic E-state index is 0.133. The molecule has 1 fully saturated rings. The first kappa shape index (κ1) is 15.2. The third kappa shape index (κ3) is 3.28. The van der Waals surface area contributed by atoms with Crippen molar-refractivity contribution in [2.75, 3.05) is 18.5 Å². The van der Waals surface area contributed by atoms with Crippen molar-refractivity contribution in [3.8, 4) is 5.75 Å². The molecule has 0 radical (unpaired) electrons. The standard InChI is InChI=1S/C18H21N3O3/c22-18-17(20-15-3-1-2-4-16(15)21-18)19-12-5-7-13(8-6-12)24-14-9-10-23-11-14/h5-8,14H,1-4,9-11H2,(H,19,20)(H,21,22). The SMILES string of the molecule is O=c1[nH]c2c(nc1Nc1ccc(OC3CCOC3)cc1)CCCC2. The third-order valence-electron chi connectivity index (χ3n) is 4.47. The topological polar surface area (TPSA) is 76.2 Å². The van der Waals surface area contributed by atoms with E-state index >= 15 is 0 Å². The smallest absolute Gasteiger partial charge is 0.291 e. The number of hydrogen-bond donors (Lipinski definition) is 2. The predicted molar refractivity (Wildman–Crippen MR) is 91.1 cm³/mol. The average Bonchev–Trinajstić information content (AvgIpc) is 3.10. The highest BCUT2D eigenvalue weighted by atomic mass is 16.5. The number of fused-ring (bicyclic) bond motifs is 1. The molecule has 4 rings (SSSR count). The van der Waals surface area contributed by atoms with Crippen LogP contribution in [0.1, 0.15) is 30.7 Å². The molecule has 126 valence electrons. The fourth-order valence-electron chi connectivity index (χ4n) is 3.17. The molecule has 1 saturated heterocycles. The zero-order chi connectivity index (χ0) is 16.4. The van der Waals surface area contributed by atoms with E-state index in [1.807, 2.05) is 24.3 Å². The van der Waals surface area contributed by atoms with Gasteiger partial charge in [0.05, 0.1) is 18.9 Å². The number of ether oxygens (including phenoxy) is 2. The molecule has 0 bridgehead atoms. The first-order chi connectivity index (χ1) is 11.8. The Labute approximate surface area is 140 Å². The maximum absolute atomic E-state index is 12.2. The fraction of sp³-hybridized carbons (Fsp3) is 0.444. The van der Waals surface area contributed by atoms with Gasteiger partial charge in [0.15, 0.2) is 5.82 Å². The van der Waals surface area contributed by atoms with E-state index < -0.39 is 0 Å². The van der Waals surface area contributed by atoms with Crippen LogP contribution in [0, 0.1) is 0 Å². The lowest BCUT2D eigenvalue weighted by Crippen LogP contribution is -2.20. The number of nitrogens with one attached hydrogen (secondary N) is 2. The molecule has 1 aromatic carbocycles. The predicted octanol–water partition coefficient (Wildman–Crippen LogP) is 2.56. The van der Waals surface area contributed by atoms with Gasteiger partial charge in [0, 0.05) is 17.8 Å². The molecular weight excluding hydrogens is 306 g/mol. The van der Waals surface area contributed by atoms with Crippen molar-refractivity contribution >= 4 is 11.5 Å². The van der Waals surface area contributed by atoms with Crippen LogP contribution in [-0.4, -0.2) is 29.3 Å². The summed E-state index contributed by atoms with van der Waals surface area (Å²) in [5.74, 6) is 1.16. The molecule has 6 heteroatoms. The van der Waals surface area contributed by atoms with Crippen LogP contribution >= 0.6 is 0 Å². The van der Waals surface area contributed by atoms with Gasteiger partial charge in [-0.05, 0) is 49.9 Å². The van der Waals surface area contributed by atoms with E-state index in [-0.39, 0.29) is 11.7 Å². The normalized spacial score (nSPS) is 19.8. The summed E-state index contributed by atoms with van der Waals surface area (Å²) in [5.41, 5.74) is 2.64. The molecule has 2 N–H and O–H groups in total. The Morgan fingerprint density at radius 2 is 2.04 bits per heavy atom. The van der Waals surface area contributed by atoms with Gasteiger partial charge in [-0.2, -0.15) is 0 Å². The highest BCUT2D eigenvalue weighted by Gasteiger charge is 2.17. The summed E-state index contributed by atoms with van der Waals surface area (Å²) in [6, 6.07) is 7.58. The summed E-state index contributed by atoms with van der Waals surface area (Å²) < 4.78 is 11.1. The van der Waals surface area contributed by atoms with Gasteiger partial charge in [-0.3, -0.25) is 4.79 Å². The number of hydrogen-bond acceptors (Lipinski definition) is 5. The third-order valence-corrected chi connectivity index (χ3v) is 4.47. The van der Waals surface area contributed by atoms with Crippen molar-refractivity contribution in [1.29, 1.82) is 0 Å². The number of nitrogens with zero attached hydrogens (tertiary/aromatic N) is 1. The molecule has 0 spiro atoms. The molecule has 0 saturated carbocycles. The Morgan fingerprint density at radius 1 is 1.21 bits per heavy atom. The summed E-state index contributed by atoms with van der Waals surface area (Å²) in [6.45, 7) is 1.41. The van der Waals surface area contributed by atoms with Crippen LogP contribution in [0.25, 0.3) is 0 Å². The Morgan fingerprint density at radius 3 is 2.83 bits per heavy atom. The molecule has 2 aromatic rings. The van der Waals surface area contributed by atoms with Gasteiger partial charge >= 0.3 is 0 Å². The first-order valence-electron chi connectivity index (χ1n) is 8.51. The number of rotatable bonds is 4. The molecule has 1 aromatic heterocycles. The van der Waals surface area contributed by atoms with Gasteiger partial charge in [-0.1, -0.05) is 0 Å². The van der Waals surface area contributed by atoms with E-state index in [2.05, 4.69) is 15.3 Å². The molecule has 24 heavy (non-hydrogen) atoms. The van der Waals surface area contributed by atoms with Gasteiger partial charge in [-0.15, -0.1) is 0 Å². The zero-order valence-corrected chi connectivity index (χ0v) is 13.5. The second kappa shape index (κ2) is 6.65. The zero-order valence-electron chi connectivity index (χ0n) is 13.5. The van der Waals surface area contributed by atoms with Crippen molar-refractivity contribution in [2.45, 2.75) is 38.2 Å². The lowest BCUT2D eigenvalue weighted by molar-refractivity contribution is 0.141. The van der Waals surface area contributed by atoms with Gasteiger partial charge in [0.25, 0.3) is 5.56 Å². The van der Waals surface area contributed by atoms with Gasteiger partial charge in [0.2, 0.25) is 0 Å². The number of aromatic amines is 1. The lowest BCUT2D eigenvalue weighted by atomic mass is 10.0. The molecule has 1 aliphatic heterocycles. The first-order valence-corrected chi connectivity index (χ1v) is 8.51. The molecule has 2 aliphatic rings. The maximum atomic E-state index is 12.2. The van der Waals surface area contributed by atoms with Crippen LogP contribution in [-0.2, 0) is 17.6 Å². The van der Waals surface area contributed by atoms with E-state index in [9.17, 15) is 4.79 Å². The number of aromatic nitrogens is 2. The summed E-state index contributed by atoms with van der Waals surface area (Å²) in [5, 5.41) is 3.11. The molecule has 6 nitrogen and oxygen atoms in total. The molecule has 1 atom stereocenters. The summed E-state index contributed by atoms with van der Waals surface area (Å²) in [4.78, 5) is 19.6. The van der Waals surface area contributed by atoms with Crippen molar-refractivity contribution in [3.63, 3.8) is 0 Å². The minimum atomic E-state index is -0.168. The maximum Gasteiger partial charge on any atom is 0.291 e. The van der Waals surface area contributed by atoms with Crippen LogP contribution in [0.2, 0.25) is 0 Å². The molecule has 0 amide bonds. The summed E-state index contributed by atoms with van der Waals surface area (Å²) >= 11 is 0. The van der Waals surface area contributed by atoms with E-state index in [1.54, 1.807) is 0 Å². The number of benzene rings is 1. The van der Waals surface area contributed by atoms with Crippen molar-refractivity contribution in [2.24, 2.45) is 0 Å². The van der Waals surface area contributed by atoms with E-state index in [0.717, 1.165) is 61.5 Å². The Balaban J connectivity index is 1.47. The molecule has 2 heterocycles. The van der Waals surface area contributed by atoms with Crippen LogP contribution in [0.3, 0.4) is 0 Å². The summed E-state index contributed by atoms with van der Waals surface area (Å²) in [7, 11) is 0. The Hall–Kier alpha value is -2.34. The lowest BCUT2D eigenvalue weighted by Gasteiger charge is -2.16. The quantitative estimate of drug-likeness (QED) is 0.902. The highest BCUT2D eigenvalue weighted by molar-refractivity contribution is 5.56. The largest absolute Gasteiger partial charge is 0.488 e. The monoisotopic (exact) mass is 327 g/mol. The van der Waals surface area contributed by atoms with Gasteiger partial charge < -0.3 is 19.8 Å². The average molecular weight is 327 g/mol. The van der Waals surface area contributed by atoms with E-state index in [1.165, 1.54) is 0 Å². The number of H-pyrrole nitrogens is 1.